The van der Waals surface area contributed by atoms with Gasteiger partial charge in [0.1, 0.15) is 0 Å². The maximum absolute atomic E-state index is 11.7. The van der Waals surface area contributed by atoms with Crippen molar-refractivity contribution in [2.24, 2.45) is 5.73 Å². The van der Waals surface area contributed by atoms with Crippen molar-refractivity contribution in [3.63, 3.8) is 0 Å². The molecule has 0 aromatic rings. The molecular weight excluding hydrogens is 204 g/mol. The summed E-state index contributed by atoms with van der Waals surface area (Å²) < 4.78 is 0. The molecule has 5 heteroatoms. The first-order valence-corrected chi connectivity index (χ1v) is 5.92. The van der Waals surface area contributed by atoms with Crippen LogP contribution in [0.3, 0.4) is 0 Å². The largest absolute Gasteiger partial charge is 0.331 e. The summed E-state index contributed by atoms with van der Waals surface area (Å²) in [4.78, 5) is 17.6. The average molecular weight is 228 g/mol. The van der Waals surface area contributed by atoms with Crippen LogP contribution in [0.2, 0.25) is 0 Å². The summed E-state index contributed by atoms with van der Waals surface area (Å²) in [5.41, 5.74) is 5.54. The number of urea groups is 1. The van der Waals surface area contributed by atoms with Gasteiger partial charge in [-0.05, 0) is 19.9 Å². The molecule has 0 atom stereocenters. The highest BCUT2D eigenvalue weighted by molar-refractivity contribution is 5.73. The predicted molar refractivity (Wildman–Crippen MR) is 65.4 cm³/mol. The Balaban J connectivity index is 2.36. The number of nitrogens with two attached hydrogens (primary N) is 1. The zero-order valence-corrected chi connectivity index (χ0v) is 10.6. The maximum Gasteiger partial charge on any atom is 0.319 e. The molecule has 2 amide bonds. The van der Waals surface area contributed by atoms with Crippen LogP contribution in [0.5, 0.6) is 0 Å². The topological polar surface area (TPSA) is 52.8 Å². The molecule has 94 valence electrons. The summed E-state index contributed by atoms with van der Waals surface area (Å²) in [6.07, 6.45) is 2.10. The molecule has 0 unspecified atom stereocenters. The smallest absolute Gasteiger partial charge is 0.319 e. The minimum Gasteiger partial charge on any atom is -0.331 e. The van der Waals surface area contributed by atoms with Crippen LogP contribution in [0.1, 0.15) is 12.8 Å². The summed E-state index contributed by atoms with van der Waals surface area (Å²) in [7, 11) is 5.71. The Kier molecular flexibility index (Phi) is 5.02. The predicted octanol–water partition coefficient (Wildman–Crippen LogP) is 0.0229. The number of piperidine rings is 1. The van der Waals surface area contributed by atoms with Gasteiger partial charge < -0.3 is 20.4 Å². The van der Waals surface area contributed by atoms with Crippen molar-refractivity contribution >= 4 is 6.03 Å². The minimum absolute atomic E-state index is 0.125. The lowest BCUT2D eigenvalue weighted by Gasteiger charge is -2.37. The molecule has 0 saturated carbocycles. The highest BCUT2D eigenvalue weighted by Crippen LogP contribution is 2.15. The van der Waals surface area contributed by atoms with Crippen LogP contribution >= 0.6 is 0 Å². The molecule has 0 radical (unpaired) electrons. The fraction of sp³-hybridized carbons (Fsp3) is 0.909. The molecule has 1 rings (SSSR count). The van der Waals surface area contributed by atoms with Gasteiger partial charge in [-0.2, -0.15) is 0 Å². The van der Waals surface area contributed by atoms with E-state index in [2.05, 4.69) is 11.9 Å². The number of amides is 2. The molecule has 0 spiro atoms. The van der Waals surface area contributed by atoms with Gasteiger partial charge >= 0.3 is 6.03 Å². The Hall–Kier alpha value is -0.810. The lowest BCUT2D eigenvalue weighted by molar-refractivity contribution is 0.122. The van der Waals surface area contributed by atoms with Gasteiger partial charge in [0.2, 0.25) is 0 Å². The fourth-order valence-electron chi connectivity index (χ4n) is 2.17. The number of carbonyl (C=O) groups excluding carboxylic acids is 1. The number of carbonyl (C=O) groups is 1. The van der Waals surface area contributed by atoms with Crippen LogP contribution in [0, 0.1) is 0 Å². The number of hydrogen-bond acceptors (Lipinski definition) is 3. The standard InChI is InChI=1S/C11H24N4O/c1-13(2)11(16)15-7-4-10(5-8-15)14(3)9-6-12/h10H,4-9,12H2,1-3H3. The average Bonchev–Trinajstić information content (AvgIpc) is 2.28. The molecule has 1 saturated heterocycles. The first kappa shape index (κ1) is 13.3. The SMILES string of the molecule is CN(C)C(=O)N1CCC(N(C)CCN)CC1. The molecule has 0 bridgehead atoms. The highest BCUT2D eigenvalue weighted by atomic mass is 16.2. The third-order valence-corrected chi connectivity index (χ3v) is 3.22. The van der Waals surface area contributed by atoms with Crippen LogP contribution in [-0.2, 0) is 0 Å². The van der Waals surface area contributed by atoms with Gasteiger partial charge in [0.15, 0.2) is 0 Å². The van der Waals surface area contributed by atoms with E-state index in [1.807, 2.05) is 4.90 Å². The second kappa shape index (κ2) is 6.06. The van der Waals surface area contributed by atoms with E-state index < -0.39 is 0 Å². The lowest BCUT2D eigenvalue weighted by Crippen LogP contribution is -2.49. The maximum atomic E-state index is 11.7. The molecule has 1 aliphatic heterocycles. The number of nitrogens with zero attached hydrogens (tertiary/aromatic N) is 3. The Morgan fingerprint density at radius 2 is 1.88 bits per heavy atom. The van der Waals surface area contributed by atoms with Crippen LogP contribution in [-0.4, -0.2) is 74.1 Å². The molecule has 0 aromatic carbocycles. The summed E-state index contributed by atoms with van der Waals surface area (Å²) >= 11 is 0. The zero-order chi connectivity index (χ0) is 12.1. The van der Waals surface area contributed by atoms with Gasteiger partial charge in [0, 0.05) is 46.3 Å². The van der Waals surface area contributed by atoms with Crippen molar-refractivity contribution in [1.29, 1.82) is 0 Å². The van der Waals surface area contributed by atoms with E-state index in [-0.39, 0.29) is 6.03 Å². The van der Waals surface area contributed by atoms with Gasteiger partial charge in [-0.25, -0.2) is 4.79 Å². The Labute approximate surface area is 98.2 Å². The van der Waals surface area contributed by atoms with E-state index in [0.29, 0.717) is 12.6 Å². The molecule has 16 heavy (non-hydrogen) atoms. The lowest BCUT2D eigenvalue weighted by atomic mass is 10.0. The number of hydrogen-bond donors (Lipinski definition) is 1. The summed E-state index contributed by atoms with van der Waals surface area (Å²) in [5.74, 6) is 0. The van der Waals surface area contributed by atoms with E-state index in [1.54, 1.807) is 19.0 Å². The van der Waals surface area contributed by atoms with Gasteiger partial charge in [-0.15, -0.1) is 0 Å². The van der Waals surface area contributed by atoms with Crippen molar-refractivity contribution in [3.8, 4) is 0 Å². The first-order chi connectivity index (χ1) is 7.56. The van der Waals surface area contributed by atoms with E-state index in [1.165, 1.54) is 0 Å². The number of likely N-dealkylation sites (N-methyl/N-ethyl adjacent to an activating group) is 1. The molecule has 0 aliphatic carbocycles. The van der Waals surface area contributed by atoms with E-state index in [0.717, 1.165) is 32.5 Å². The molecule has 1 heterocycles. The summed E-state index contributed by atoms with van der Waals surface area (Å²) in [6, 6.07) is 0.703. The molecule has 1 fully saturated rings. The number of likely N-dealkylation sites (tertiary alicyclic amines) is 1. The molecule has 0 aromatic heterocycles. The fourth-order valence-corrected chi connectivity index (χ4v) is 2.17. The van der Waals surface area contributed by atoms with Gasteiger partial charge in [0.25, 0.3) is 0 Å². The summed E-state index contributed by atoms with van der Waals surface area (Å²) in [5, 5.41) is 0. The second-order valence-corrected chi connectivity index (χ2v) is 4.66. The zero-order valence-electron chi connectivity index (χ0n) is 10.6. The van der Waals surface area contributed by atoms with Crippen molar-refractivity contribution < 1.29 is 4.79 Å². The first-order valence-electron chi connectivity index (χ1n) is 5.92. The van der Waals surface area contributed by atoms with E-state index in [9.17, 15) is 4.79 Å². The normalized spacial score (nSPS) is 17.9. The van der Waals surface area contributed by atoms with Gasteiger partial charge in [-0.1, -0.05) is 0 Å². The van der Waals surface area contributed by atoms with Crippen molar-refractivity contribution in [2.45, 2.75) is 18.9 Å². The summed E-state index contributed by atoms with van der Waals surface area (Å²) in [6.45, 7) is 3.35. The van der Waals surface area contributed by atoms with Crippen LogP contribution in [0.15, 0.2) is 0 Å². The Bertz CT molecular complexity index is 224. The van der Waals surface area contributed by atoms with E-state index >= 15 is 0 Å². The van der Waals surface area contributed by atoms with Gasteiger partial charge in [0.05, 0.1) is 0 Å². The van der Waals surface area contributed by atoms with Crippen molar-refractivity contribution in [2.75, 3.05) is 47.3 Å². The Morgan fingerprint density at radius 1 is 1.31 bits per heavy atom. The van der Waals surface area contributed by atoms with Crippen LogP contribution in [0.25, 0.3) is 0 Å². The molecular formula is C11H24N4O. The van der Waals surface area contributed by atoms with Gasteiger partial charge in [-0.3, -0.25) is 0 Å². The molecule has 1 aliphatic rings. The monoisotopic (exact) mass is 228 g/mol. The molecule has 5 nitrogen and oxygen atoms in total. The highest BCUT2D eigenvalue weighted by Gasteiger charge is 2.25. The van der Waals surface area contributed by atoms with Crippen LogP contribution < -0.4 is 5.73 Å². The Morgan fingerprint density at radius 3 is 2.31 bits per heavy atom. The molecule has 2 N–H and O–H groups in total. The second-order valence-electron chi connectivity index (χ2n) is 4.66. The number of rotatable bonds is 3. The van der Waals surface area contributed by atoms with Crippen molar-refractivity contribution in [1.82, 2.24) is 14.7 Å². The third kappa shape index (κ3) is 3.35. The quantitative estimate of drug-likeness (QED) is 0.741. The van der Waals surface area contributed by atoms with Crippen molar-refractivity contribution in [3.05, 3.63) is 0 Å². The van der Waals surface area contributed by atoms with Crippen LogP contribution in [0.4, 0.5) is 4.79 Å². The van der Waals surface area contributed by atoms with E-state index in [4.69, 9.17) is 5.73 Å². The third-order valence-electron chi connectivity index (χ3n) is 3.22. The minimum atomic E-state index is 0.125.